The highest BCUT2D eigenvalue weighted by atomic mass is 32.2. The molecule has 5 N–H and O–H groups in total. The quantitative estimate of drug-likeness (QED) is 0.213. The van der Waals surface area contributed by atoms with Gasteiger partial charge >= 0.3 is 6.03 Å². The summed E-state index contributed by atoms with van der Waals surface area (Å²) in [6, 6.07) is 15.2. The number of carbonyl (C=O) groups excluding carboxylic acids is 3. The molecule has 4 rings (SSSR count). The number of sulfone groups is 1. The molecule has 0 radical (unpaired) electrons. The van der Waals surface area contributed by atoms with Crippen LogP contribution < -0.4 is 21.3 Å². The average molecular weight is 712 g/mol. The largest absolute Gasteiger partial charge is 0.390 e. The molecule has 0 aromatic heterocycles. The van der Waals surface area contributed by atoms with Crippen molar-refractivity contribution in [3.8, 4) is 0 Å². The Bertz CT molecular complexity index is 1550. The van der Waals surface area contributed by atoms with E-state index in [2.05, 4.69) is 26.2 Å². The van der Waals surface area contributed by atoms with E-state index in [-0.39, 0.29) is 25.4 Å². The van der Waals surface area contributed by atoms with Crippen LogP contribution in [-0.4, -0.2) is 90.1 Å². The number of hydrogen-bond acceptors (Lipinski definition) is 7. The summed E-state index contributed by atoms with van der Waals surface area (Å²) in [7, 11) is -3.86. The smallest absolute Gasteiger partial charge is 0.315 e. The zero-order chi connectivity index (χ0) is 36.7. The lowest BCUT2D eigenvalue weighted by molar-refractivity contribution is -0.133. The van der Waals surface area contributed by atoms with Gasteiger partial charge in [-0.15, -0.1) is 0 Å². The van der Waals surface area contributed by atoms with E-state index in [0.29, 0.717) is 24.8 Å². The number of benzene rings is 2. The van der Waals surface area contributed by atoms with Gasteiger partial charge in [-0.2, -0.15) is 0 Å². The highest BCUT2D eigenvalue weighted by Crippen LogP contribution is 2.39. The number of fused-ring (bicyclic) bond motifs is 1. The maximum Gasteiger partial charge on any atom is 0.315 e. The number of amides is 4. The Balaban J connectivity index is 1.58. The van der Waals surface area contributed by atoms with Gasteiger partial charge in [0.25, 0.3) is 0 Å². The summed E-state index contributed by atoms with van der Waals surface area (Å²) in [6.45, 7) is 9.64. The summed E-state index contributed by atoms with van der Waals surface area (Å²) in [5.41, 5.74) is 1.28. The van der Waals surface area contributed by atoms with Crippen molar-refractivity contribution in [2.45, 2.75) is 114 Å². The van der Waals surface area contributed by atoms with Crippen LogP contribution in [0.5, 0.6) is 0 Å². The predicted octanol–water partition coefficient (Wildman–Crippen LogP) is 3.56. The highest BCUT2D eigenvalue weighted by Gasteiger charge is 2.46. The Morgan fingerprint density at radius 1 is 0.880 bits per heavy atom. The van der Waals surface area contributed by atoms with Crippen molar-refractivity contribution < 1.29 is 27.9 Å². The number of rotatable bonds is 13. The van der Waals surface area contributed by atoms with E-state index in [4.69, 9.17) is 0 Å². The lowest BCUT2D eigenvalue weighted by atomic mass is 9.72. The van der Waals surface area contributed by atoms with Crippen molar-refractivity contribution in [3.05, 3.63) is 71.8 Å². The fourth-order valence-corrected chi connectivity index (χ4v) is 7.74. The van der Waals surface area contributed by atoms with E-state index in [1.54, 1.807) is 0 Å². The molecule has 1 aliphatic heterocycles. The lowest BCUT2D eigenvalue weighted by Gasteiger charge is -2.47. The monoisotopic (exact) mass is 711 g/mol. The standard InChI is InChI=1S/C38H57N5O6S/c1-37(2,3)42-34(45)31-22-28-19-13-14-20-29(28)24-43(31)25-32(44)30(21-26-15-9-7-10-16-26)40-35(46)33(38(4,5)50(6,48)49)41-36(47)39-23-27-17-11-8-12-18-27/h7-12,15-18,28-33,44H,13-14,19-25H2,1-6H3,(H,40,46)(H,42,45)(H2,39,41,47)/t28-,29+,30-,31-,32+,33+/m0/s1. The predicted molar refractivity (Wildman–Crippen MR) is 196 cm³/mol. The molecule has 50 heavy (non-hydrogen) atoms. The van der Waals surface area contributed by atoms with E-state index in [9.17, 15) is 27.9 Å². The molecule has 11 nitrogen and oxygen atoms in total. The third kappa shape index (κ3) is 10.8. The first-order valence-electron chi connectivity index (χ1n) is 17.8. The second kappa shape index (κ2) is 16.7. The number of piperidine rings is 1. The highest BCUT2D eigenvalue weighted by molar-refractivity contribution is 7.92. The number of nitrogens with zero attached hydrogens (tertiary/aromatic N) is 1. The van der Waals surface area contributed by atoms with Crippen LogP contribution in [0.1, 0.15) is 77.8 Å². The van der Waals surface area contributed by atoms with Gasteiger partial charge in [0.15, 0.2) is 9.84 Å². The van der Waals surface area contributed by atoms with Gasteiger partial charge in [0.2, 0.25) is 11.8 Å². The van der Waals surface area contributed by atoms with Crippen molar-refractivity contribution in [2.75, 3.05) is 19.3 Å². The second-order valence-electron chi connectivity index (χ2n) is 15.7. The molecule has 276 valence electrons. The molecule has 0 unspecified atom stereocenters. The average Bonchev–Trinajstić information content (AvgIpc) is 3.05. The molecule has 2 aromatic rings. The minimum Gasteiger partial charge on any atom is -0.390 e. The molecule has 2 aliphatic rings. The molecular weight excluding hydrogens is 655 g/mol. The van der Waals surface area contributed by atoms with Gasteiger partial charge in [0.1, 0.15) is 6.04 Å². The number of β-amino-alcohol motifs (C(OH)–C–C–N with tert-alkyl or cyclic N) is 1. The first-order chi connectivity index (χ1) is 23.4. The Kier molecular flexibility index (Phi) is 13.1. The normalized spacial score (nSPS) is 21.9. The van der Waals surface area contributed by atoms with E-state index in [1.807, 2.05) is 81.4 Å². The van der Waals surface area contributed by atoms with E-state index < -0.39 is 56.3 Å². The number of carbonyl (C=O) groups is 3. The molecule has 1 saturated carbocycles. The van der Waals surface area contributed by atoms with Crippen LogP contribution in [0.2, 0.25) is 0 Å². The van der Waals surface area contributed by atoms with E-state index >= 15 is 0 Å². The van der Waals surface area contributed by atoms with E-state index in [0.717, 1.165) is 43.1 Å². The van der Waals surface area contributed by atoms with Crippen LogP contribution in [0.25, 0.3) is 0 Å². The molecule has 1 heterocycles. The fraction of sp³-hybridized carbons (Fsp3) is 0.605. The number of likely N-dealkylation sites (tertiary alicyclic amines) is 1. The van der Waals surface area contributed by atoms with Crippen molar-refractivity contribution in [3.63, 3.8) is 0 Å². The molecule has 12 heteroatoms. The number of hydrogen-bond donors (Lipinski definition) is 5. The summed E-state index contributed by atoms with van der Waals surface area (Å²) >= 11 is 0. The van der Waals surface area contributed by atoms with Gasteiger partial charge in [-0.3, -0.25) is 14.5 Å². The minimum absolute atomic E-state index is 0.0713. The van der Waals surface area contributed by atoms with Crippen molar-refractivity contribution in [1.29, 1.82) is 0 Å². The van der Waals surface area contributed by atoms with Gasteiger partial charge in [0, 0.05) is 31.4 Å². The van der Waals surface area contributed by atoms with Crippen LogP contribution in [0, 0.1) is 11.8 Å². The van der Waals surface area contributed by atoms with Crippen molar-refractivity contribution >= 4 is 27.7 Å². The fourth-order valence-electron chi connectivity index (χ4n) is 7.14. The molecule has 2 fully saturated rings. The van der Waals surface area contributed by atoms with Crippen LogP contribution in [0.4, 0.5) is 4.79 Å². The molecule has 0 spiro atoms. The van der Waals surface area contributed by atoms with E-state index in [1.165, 1.54) is 13.8 Å². The Morgan fingerprint density at radius 3 is 2.04 bits per heavy atom. The van der Waals surface area contributed by atoms with Crippen LogP contribution in [-0.2, 0) is 32.4 Å². The lowest BCUT2D eigenvalue weighted by Crippen LogP contribution is -2.64. The number of aliphatic hydroxyl groups excluding tert-OH is 1. The van der Waals surface area contributed by atoms with Crippen LogP contribution in [0.15, 0.2) is 60.7 Å². The van der Waals surface area contributed by atoms with Gasteiger partial charge in [-0.1, -0.05) is 79.9 Å². The van der Waals surface area contributed by atoms with Gasteiger partial charge in [-0.25, -0.2) is 13.2 Å². The summed E-state index contributed by atoms with van der Waals surface area (Å²) in [5.74, 6) is 0.0717. The number of nitrogens with one attached hydrogen (secondary N) is 4. The van der Waals surface area contributed by atoms with Crippen molar-refractivity contribution in [1.82, 2.24) is 26.2 Å². The molecule has 6 atom stereocenters. The summed E-state index contributed by atoms with van der Waals surface area (Å²) in [5, 5.41) is 23.3. The maximum absolute atomic E-state index is 14.2. The zero-order valence-corrected chi connectivity index (χ0v) is 31.3. The minimum atomic E-state index is -3.86. The number of aliphatic hydroxyl groups is 1. The topological polar surface area (TPSA) is 157 Å². The van der Waals surface area contributed by atoms with Crippen LogP contribution >= 0.6 is 0 Å². The molecule has 2 aromatic carbocycles. The molecule has 4 amide bonds. The van der Waals surface area contributed by atoms with Crippen molar-refractivity contribution in [2.24, 2.45) is 11.8 Å². The van der Waals surface area contributed by atoms with Gasteiger partial charge < -0.3 is 26.4 Å². The van der Waals surface area contributed by atoms with Gasteiger partial charge in [0.05, 0.1) is 22.9 Å². The molecule has 1 aliphatic carbocycles. The van der Waals surface area contributed by atoms with Crippen LogP contribution in [0.3, 0.4) is 0 Å². The molecular formula is C38H57N5O6S. The zero-order valence-electron chi connectivity index (χ0n) is 30.4. The van der Waals surface area contributed by atoms with Gasteiger partial charge in [-0.05, 0) is 76.8 Å². The Morgan fingerprint density at radius 2 is 1.46 bits per heavy atom. The summed E-state index contributed by atoms with van der Waals surface area (Å²) in [6.07, 6.45) is 5.35. The number of urea groups is 1. The summed E-state index contributed by atoms with van der Waals surface area (Å²) < 4.78 is 24.3. The first kappa shape index (κ1) is 39.3. The SMILES string of the molecule is CC(C)(C)NC(=O)[C@@H]1C[C@@H]2CCCC[C@@H]2CN1C[C@@H](O)[C@H](Cc1ccccc1)NC(=O)[C@@H](NC(=O)NCc1ccccc1)C(C)(C)S(C)(=O)=O. The summed E-state index contributed by atoms with van der Waals surface area (Å²) in [4.78, 5) is 43.0. The molecule has 0 bridgehead atoms. The first-order valence-corrected chi connectivity index (χ1v) is 19.7. The Hall–Kier alpha value is -3.48. The third-order valence-electron chi connectivity index (χ3n) is 10.3. The maximum atomic E-state index is 14.2. The third-order valence-corrected chi connectivity index (χ3v) is 12.4. The second-order valence-corrected chi connectivity index (χ2v) is 18.3. The molecule has 1 saturated heterocycles. The Labute approximate surface area is 298 Å².